The highest BCUT2D eigenvalue weighted by Gasteiger charge is 2.17. The third-order valence-corrected chi connectivity index (χ3v) is 7.13. The minimum Gasteiger partial charge on any atom is -0.210 e. The molecule has 3 nitrogen and oxygen atoms in total. The van der Waals surface area contributed by atoms with E-state index in [1.54, 1.807) is 6.07 Å². The van der Waals surface area contributed by atoms with Crippen molar-refractivity contribution in [2.75, 3.05) is 12.4 Å². The Labute approximate surface area is 126 Å². The van der Waals surface area contributed by atoms with Crippen molar-refractivity contribution in [2.24, 2.45) is 5.92 Å². The Hall–Kier alpha value is 0.380. The van der Waals surface area contributed by atoms with Crippen LogP contribution < -0.4 is 4.72 Å². The second-order valence-corrected chi connectivity index (χ2v) is 8.99. The molecule has 0 saturated heterocycles. The minimum atomic E-state index is -3.36. The number of halogens is 2. The second kappa shape index (κ2) is 7.24. The molecule has 0 aromatic carbocycles. The Kier molecular flexibility index (Phi) is 6.61. The zero-order valence-corrected chi connectivity index (χ0v) is 14.3. The zero-order valence-electron chi connectivity index (χ0n) is 10.4. The summed E-state index contributed by atoms with van der Waals surface area (Å²) in [7, 11) is -3.36. The van der Waals surface area contributed by atoms with E-state index >= 15 is 0 Å². The predicted octanol–water partition coefficient (Wildman–Crippen LogP) is 3.75. The lowest BCUT2D eigenvalue weighted by Crippen LogP contribution is -2.24. The second-order valence-electron chi connectivity index (χ2n) is 4.32. The summed E-state index contributed by atoms with van der Waals surface area (Å²) in [6.45, 7) is 4.39. The molecule has 1 aromatic heterocycles. The number of sulfonamides is 1. The SMILES string of the molecule is Cc1cc(S(=O)(=O)NCCCC(C)CCl)sc1Br. The van der Waals surface area contributed by atoms with E-state index in [1.807, 2.05) is 6.92 Å². The number of hydrogen-bond acceptors (Lipinski definition) is 3. The van der Waals surface area contributed by atoms with E-state index in [2.05, 4.69) is 27.6 Å². The molecule has 1 unspecified atom stereocenters. The normalized spacial score (nSPS) is 13.8. The number of rotatable bonds is 7. The van der Waals surface area contributed by atoms with E-state index in [9.17, 15) is 8.42 Å². The third kappa shape index (κ3) is 4.81. The fourth-order valence-electron chi connectivity index (χ4n) is 1.37. The fourth-order valence-corrected chi connectivity index (χ4v) is 4.87. The Morgan fingerprint density at radius 3 is 2.72 bits per heavy atom. The highest BCUT2D eigenvalue weighted by atomic mass is 79.9. The van der Waals surface area contributed by atoms with Crippen molar-refractivity contribution in [1.82, 2.24) is 4.72 Å². The molecule has 104 valence electrons. The standard InChI is InChI=1S/C11H17BrClNO2S2/c1-8(7-13)4-3-5-14-18(15,16)10-6-9(2)11(12)17-10/h6,8,14H,3-5,7H2,1-2H3. The number of thiophene rings is 1. The summed E-state index contributed by atoms with van der Waals surface area (Å²) in [4.78, 5) is 0. The molecule has 1 atom stereocenters. The van der Waals surface area contributed by atoms with Crippen LogP contribution in [0.5, 0.6) is 0 Å². The summed E-state index contributed by atoms with van der Waals surface area (Å²) in [5.74, 6) is 1.04. The van der Waals surface area contributed by atoms with Gasteiger partial charge >= 0.3 is 0 Å². The molecule has 0 saturated carbocycles. The molecule has 0 radical (unpaired) electrons. The predicted molar refractivity (Wildman–Crippen MR) is 81.1 cm³/mol. The van der Waals surface area contributed by atoms with E-state index in [-0.39, 0.29) is 0 Å². The number of nitrogens with one attached hydrogen (secondary N) is 1. The number of hydrogen-bond donors (Lipinski definition) is 1. The van der Waals surface area contributed by atoms with Crippen LogP contribution in [0.3, 0.4) is 0 Å². The van der Waals surface area contributed by atoms with Crippen molar-refractivity contribution in [1.29, 1.82) is 0 Å². The molecule has 0 aliphatic rings. The maximum absolute atomic E-state index is 12.0. The van der Waals surface area contributed by atoms with Gasteiger partial charge in [0.2, 0.25) is 10.0 Å². The van der Waals surface area contributed by atoms with Crippen LogP contribution in [0.2, 0.25) is 0 Å². The van der Waals surface area contributed by atoms with Crippen molar-refractivity contribution in [3.8, 4) is 0 Å². The highest BCUT2D eigenvalue weighted by molar-refractivity contribution is 9.11. The first-order valence-corrected chi connectivity index (χ1v) is 9.31. The monoisotopic (exact) mass is 373 g/mol. The fraction of sp³-hybridized carbons (Fsp3) is 0.636. The van der Waals surface area contributed by atoms with Gasteiger partial charge in [-0.3, -0.25) is 0 Å². The molecular weight excluding hydrogens is 358 g/mol. The Morgan fingerprint density at radius 2 is 2.22 bits per heavy atom. The van der Waals surface area contributed by atoms with Gasteiger partial charge in [-0.1, -0.05) is 6.92 Å². The van der Waals surface area contributed by atoms with E-state index in [4.69, 9.17) is 11.6 Å². The first kappa shape index (κ1) is 16.4. The van der Waals surface area contributed by atoms with E-state index < -0.39 is 10.0 Å². The summed E-state index contributed by atoms with van der Waals surface area (Å²) in [5.41, 5.74) is 0.941. The van der Waals surface area contributed by atoms with Crippen molar-refractivity contribution in [3.05, 3.63) is 15.4 Å². The van der Waals surface area contributed by atoms with Crippen LogP contribution in [0, 0.1) is 12.8 Å². The molecule has 1 aromatic rings. The average Bonchev–Trinajstić information content (AvgIpc) is 2.66. The molecule has 1 N–H and O–H groups in total. The van der Waals surface area contributed by atoms with Gasteiger partial charge in [-0.2, -0.15) is 0 Å². The molecule has 0 aliphatic carbocycles. The van der Waals surface area contributed by atoms with E-state index in [0.717, 1.165) is 22.2 Å². The maximum atomic E-state index is 12.0. The van der Waals surface area contributed by atoms with Gasteiger partial charge in [0.15, 0.2) is 0 Å². The van der Waals surface area contributed by atoms with Gasteiger partial charge in [0, 0.05) is 12.4 Å². The van der Waals surface area contributed by atoms with Gasteiger partial charge in [0.05, 0.1) is 3.79 Å². The molecule has 0 spiro atoms. The maximum Gasteiger partial charge on any atom is 0.250 e. The lowest BCUT2D eigenvalue weighted by molar-refractivity contribution is 0.544. The molecule has 18 heavy (non-hydrogen) atoms. The van der Waals surface area contributed by atoms with E-state index in [0.29, 0.717) is 22.6 Å². The van der Waals surface area contributed by atoms with Crippen molar-refractivity contribution >= 4 is 48.9 Å². The van der Waals surface area contributed by atoms with Gasteiger partial charge in [-0.15, -0.1) is 22.9 Å². The number of alkyl halides is 1. The molecular formula is C11H17BrClNO2S2. The molecule has 0 bridgehead atoms. The number of aryl methyl sites for hydroxylation is 1. The first-order chi connectivity index (χ1) is 8.36. The van der Waals surface area contributed by atoms with Crippen LogP contribution in [-0.4, -0.2) is 20.8 Å². The van der Waals surface area contributed by atoms with E-state index in [1.165, 1.54) is 11.3 Å². The largest absolute Gasteiger partial charge is 0.250 e. The molecule has 0 fully saturated rings. The van der Waals surface area contributed by atoms with Gasteiger partial charge < -0.3 is 0 Å². The van der Waals surface area contributed by atoms with Crippen LogP contribution in [0.25, 0.3) is 0 Å². The van der Waals surface area contributed by atoms with Crippen LogP contribution in [0.15, 0.2) is 14.1 Å². The van der Waals surface area contributed by atoms with Crippen LogP contribution in [0.1, 0.15) is 25.3 Å². The van der Waals surface area contributed by atoms with Crippen LogP contribution >= 0.6 is 38.9 Å². The van der Waals surface area contributed by atoms with Crippen LogP contribution in [-0.2, 0) is 10.0 Å². The van der Waals surface area contributed by atoms with Gasteiger partial charge in [0.1, 0.15) is 4.21 Å². The smallest absolute Gasteiger partial charge is 0.210 e. The summed E-state index contributed by atoms with van der Waals surface area (Å²) in [6, 6.07) is 1.68. The van der Waals surface area contributed by atoms with Gasteiger partial charge in [0.25, 0.3) is 0 Å². The van der Waals surface area contributed by atoms with Crippen molar-refractivity contribution in [3.63, 3.8) is 0 Å². The molecule has 1 heterocycles. The first-order valence-electron chi connectivity index (χ1n) is 5.68. The third-order valence-electron chi connectivity index (χ3n) is 2.53. The quantitative estimate of drug-likeness (QED) is 0.583. The molecule has 0 aliphatic heterocycles. The summed E-state index contributed by atoms with van der Waals surface area (Å²) < 4.78 is 27.8. The highest BCUT2D eigenvalue weighted by Crippen LogP contribution is 2.30. The lowest BCUT2D eigenvalue weighted by atomic mass is 10.1. The Balaban J connectivity index is 2.50. The summed E-state index contributed by atoms with van der Waals surface area (Å²) in [5, 5.41) is 0. The topological polar surface area (TPSA) is 46.2 Å². The summed E-state index contributed by atoms with van der Waals surface area (Å²) in [6.07, 6.45) is 1.73. The Bertz CT molecular complexity index is 468. The Morgan fingerprint density at radius 1 is 1.56 bits per heavy atom. The minimum absolute atomic E-state index is 0.359. The molecule has 0 amide bonds. The van der Waals surface area contributed by atoms with Crippen molar-refractivity contribution < 1.29 is 8.42 Å². The average molecular weight is 375 g/mol. The van der Waals surface area contributed by atoms with Crippen LogP contribution in [0.4, 0.5) is 0 Å². The van der Waals surface area contributed by atoms with Gasteiger partial charge in [-0.25, -0.2) is 13.1 Å². The lowest BCUT2D eigenvalue weighted by Gasteiger charge is -2.07. The van der Waals surface area contributed by atoms with Gasteiger partial charge in [-0.05, 0) is 53.2 Å². The molecule has 1 rings (SSSR count). The summed E-state index contributed by atoms with van der Waals surface area (Å²) >= 11 is 10.3. The van der Waals surface area contributed by atoms with Crippen molar-refractivity contribution in [2.45, 2.75) is 30.9 Å². The molecule has 7 heteroatoms. The zero-order chi connectivity index (χ0) is 13.8.